The Morgan fingerprint density at radius 1 is 1.44 bits per heavy atom. The van der Waals surface area contributed by atoms with Crippen LogP contribution in [0.4, 0.5) is 0 Å². The van der Waals surface area contributed by atoms with Gasteiger partial charge in [0.15, 0.2) is 0 Å². The highest BCUT2D eigenvalue weighted by Gasteiger charge is 2.41. The molecule has 0 saturated heterocycles. The molecule has 1 aliphatic carbocycles. The summed E-state index contributed by atoms with van der Waals surface area (Å²) in [6, 6.07) is 0.259. The van der Waals surface area contributed by atoms with E-state index in [9.17, 15) is 0 Å². The van der Waals surface area contributed by atoms with Gasteiger partial charge >= 0.3 is 0 Å². The van der Waals surface area contributed by atoms with Gasteiger partial charge in [-0.15, -0.1) is 0 Å². The lowest BCUT2D eigenvalue weighted by Gasteiger charge is -2.42. The molecule has 1 aromatic heterocycles. The van der Waals surface area contributed by atoms with Crippen molar-refractivity contribution in [3.8, 4) is 0 Å². The van der Waals surface area contributed by atoms with Crippen molar-refractivity contribution in [2.75, 3.05) is 0 Å². The molecule has 0 aromatic carbocycles. The monoisotopic (exact) mass is 269 g/mol. The van der Waals surface area contributed by atoms with Crippen LogP contribution in [0, 0.1) is 11.8 Å². The molecule has 3 nitrogen and oxygen atoms in total. The van der Waals surface area contributed by atoms with Crippen LogP contribution in [0.3, 0.4) is 0 Å². The van der Waals surface area contributed by atoms with E-state index in [1.165, 1.54) is 12.8 Å². The summed E-state index contributed by atoms with van der Waals surface area (Å²) in [5, 5.41) is 5.02. The molecule has 1 aliphatic rings. The fourth-order valence-electron chi connectivity index (χ4n) is 3.63. The summed E-state index contributed by atoms with van der Waals surface area (Å²) >= 11 is 6.30. The summed E-state index contributed by atoms with van der Waals surface area (Å²) in [7, 11) is 1.96. The minimum absolute atomic E-state index is 0.0259. The van der Waals surface area contributed by atoms with Gasteiger partial charge in [0.2, 0.25) is 0 Å². The van der Waals surface area contributed by atoms with Gasteiger partial charge in [-0.2, -0.15) is 5.10 Å². The average Bonchev–Trinajstić information content (AvgIpc) is 2.58. The minimum Gasteiger partial charge on any atom is -0.327 e. The van der Waals surface area contributed by atoms with E-state index in [1.807, 2.05) is 11.7 Å². The topological polar surface area (TPSA) is 43.8 Å². The number of nitrogens with zero attached hydrogens (tertiary/aromatic N) is 2. The quantitative estimate of drug-likeness (QED) is 0.897. The molecular formula is C14H24ClN3. The molecule has 1 aromatic rings. The lowest BCUT2D eigenvalue weighted by atomic mass is 9.65. The predicted octanol–water partition coefficient (Wildman–Crippen LogP) is 3.11. The van der Waals surface area contributed by atoms with Crippen LogP contribution in [0.1, 0.15) is 45.7 Å². The fraction of sp³-hybridized carbons (Fsp3) is 0.786. The first-order chi connectivity index (χ1) is 8.34. The SMILES string of the molecule is CC1CCC(C(C)(C)c2c(Cl)cnn2C)C(N)C1. The molecule has 0 aliphatic heterocycles. The van der Waals surface area contributed by atoms with Gasteiger partial charge in [-0.25, -0.2) is 0 Å². The fourth-order valence-corrected chi connectivity index (χ4v) is 4.04. The molecule has 3 atom stereocenters. The van der Waals surface area contributed by atoms with Crippen LogP contribution >= 0.6 is 11.6 Å². The molecule has 1 saturated carbocycles. The molecule has 0 spiro atoms. The number of halogens is 1. The molecule has 1 heterocycles. The Hall–Kier alpha value is -0.540. The first-order valence-electron chi connectivity index (χ1n) is 6.77. The van der Waals surface area contributed by atoms with E-state index in [1.54, 1.807) is 6.20 Å². The van der Waals surface area contributed by atoms with Gasteiger partial charge in [-0.3, -0.25) is 4.68 Å². The molecule has 3 unspecified atom stereocenters. The molecule has 102 valence electrons. The summed E-state index contributed by atoms with van der Waals surface area (Å²) in [5.74, 6) is 1.22. The average molecular weight is 270 g/mol. The van der Waals surface area contributed by atoms with Crippen molar-refractivity contribution in [3.63, 3.8) is 0 Å². The zero-order valence-corrected chi connectivity index (χ0v) is 12.5. The second-order valence-electron chi connectivity index (χ2n) is 6.37. The van der Waals surface area contributed by atoms with E-state index in [-0.39, 0.29) is 11.5 Å². The molecule has 4 heteroatoms. The predicted molar refractivity (Wildman–Crippen MR) is 75.7 cm³/mol. The Balaban J connectivity index is 2.31. The highest BCUT2D eigenvalue weighted by Crippen LogP contribution is 2.43. The molecule has 2 N–H and O–H groups in total. The largest absolute Gasteiger partial charge is 0.327 e. The van der Waals surface area contributed by atoms with Gasteiger partial charge < -0.3 is 5.73 Å². The van der Waals surface area contributed by atoms with Gasteiger partial charge in [0.05, 0.1) is 16.9 Å². The van der Waals surface area contributed by atoms with Crippen LogP contribution in [0.2, 0.25) is 5.02 Å². The smallest absolute Gasteiger partial charge is 0.0823 e. The molecule has 0 bridgehead atoms. The van der Waals surface area contributed by atoms with Crippen molar-refractivity contribution < 1.29 is 0 Å². The number of hydrogen-bond donors (Lipinski definition) is 1. The lowest BCUT2D eigenvalue weighted by molar-refractivity contribution is 0.165. The first-order valence-corrected chi connectivity index (χ1v) is 7.15. The van der Waals surface area contributed by atoms with Crippen LogP contribution in [0.15, 0.2) is 6.20 Å². The number of aromatic nitrogens is 2. The summed E-state index contributed by atoms with van der Waals surface area (Å²) < 4.78 is 1.90. The third-order valence-electron chi connectivity index (χ3n) is 4.59. The zero-order chi connectivity index (χ0) is 13.5. The third kappa shape index (κ3) is 2.30. The van der Waals surface area contributed by atoms with E-state index in [4.69, 9.17) is 17.3 Å². The molecular weight excluding hydrogens is 246 g/mol. The maximum absolute atomic E-state index is 6.39. The number of rotatable bonds is 2. The number of nitrogens with two attached hydrogens (primary N) is 1. The molecule has 0 radical (unpaired) electrons. The van der Waals surface area contributed by atoms with Gasteiger partial charge in [-0.1, -0.05) is 38.8 Å². The summed E-state index contributed by atoms with van der Waals surface area (Å²) in [4.78, 5) is 0. The molecule has 18 heavy (non-hydrogen) atoms. The number of hydrogen-bond acceptors (Lipinski definition) is 2. The number of aryl methyl sites for hydroxylation is 1. The summed E-state index contributed by atoms with van der Waals surface area (Å²) in [6.07, 6.45) is 5.29. The maximum Gasteiger partial charge on any atom is 0.0823 e. The second kappa shape index (κ2) is 4.86. The Labute approximate surface area is 115 Å². The summed E-state index contributed by atoms with van der Waals surface area (Å²) in [5.41, 5.74) is 7.47. The standard InChI is InChI=1S/C14H24ClN3/c1-9-5-6-10(12(16)7-9)14(2,3)13-11(15)8-17-18(13)4/h8-10,12H,5-7,16H2,1-4H3. The second-order valence-corrected chi connectivity index (χ2v) is 6.78. The van der Waals surface area contributed by atoms with Crippen LogP contribution in [-0.4, -0.2) is 15.8 Å². The minimum atomic E-state index is -0.0259. The third-order valence-corrected chi connectivity index (χ3v) is 4.87. The van der Waals surface area contributed by atoms with Crippen molar-refractivity contribution in [2.24, 2.45) is 24.6 Å². The van der Waals surface area contributed by atoms with Crippen LogP contribution in [0.25, 0.3) is 0 Å². The van der Waals surface area contributed by atoms with Gasteiger partial charge in [0, 0.05) is 18.5 Å². The lowest BCUT2D eigenvalue weighted by Crippen LogP contribution is -2.46. The molecule has 0 amide bonds. The van der Waals surface area contributed by atoms with E-state index in [0.29, 0.717) is 5.92 Å². The van der Waals surface area contributed by atoms with Gasteiger partial charge in [0.25, 0.3) is 0 Å². The van der Waals surface area contributed by atoms with Gasteiger partial charge in [0.1, 0.15) is 0 Å². The van der Waals surface area contributed by atoms with Crippen molar-refractivity contribution in [1.82, 2.24) is 9.78 Å². The van der Waals surface area contributed by atoms with Crippen molar-refractivity contribution >= 4 is 11.6 Å². The normalized spacial score (nSPS) is 29.6. The maximum atomic E-state index is 6.39. The first kappa shape index (κ1) is 13.9. The molecule has 2 rings (SSSR count). The van der Waals surface area contributed by atoms with Crippen LogP contribution in [0.5, 0.6) is 0 Å². The van der Waals surface area contributed by atoms with E-state index >= 15 is 0 Å². The van der Waals surface area contributed by atoms with E-state index in [2.05, 4.69) is 25.9 Å². The Morgan fingerprint density at radius 2 is 2.11 bits per heavy atom. The molecule has 1 fully saturated rings. The van der Waals surface area contributed by atoms with E-state index in [0.717, 1.165) is 23.1 Å². The summed E-state index contributed by atoms with van der Waals surface area (Å²) in [6.45, 7) is 6.78. The Kier molecular flexibility index (Phi) is 3.75. The van der Waals surface area contributed by atoms with Crippen LogP contribution in [-0.2, 0) is 12.5 Å². The van der Waals surface area contributed by atoms with Crippen LogP contribution < -0.4 is 5.73 Å². The highest BCUT2D eigenvalue weighted by molar-refractivity contribution is 6.31. The van der Waals surface area contributed by atoms with Crippen molar-refractivity contribution in [1.29, 1.82) is 0 Å². The zero-order valence-electron chi connectivity index (χ0n) is 11.8. The van der Waals surface area contributed by atoms with E-state index < -0.39 is 0 Å². The van der Waals surface area contributed by atoms with Crippen molar-refractivity contribution in [3.05, 3.63) is 16.9 Å². The van der Waals surface area contributed by atoms with Crippen molar-refractivity contribution in [2.45, 2.75) is 51.5 Å². The Bertz CT molecular complexity index is 405. The Morgan fingerprint density at radius 3 is 2.61 bits per heavy atom. The van der Waals surface area contributed by atoms with Gasteiger partial charge in [-0.05, 0) is 24.7 Å². The highest BCUT2D eigenvalue weighted by atomic mass is 35.5.